The van der Waals surface area contributed by atoms with Crippen molar-refractivity contribution in [3.05, 3.63) is 45.7 Å². The van der Waals surface area contributed by atoms with Gasteiger partial charge in [-0.1, -0.05) is 0 Å². The summed E-state index contributed by atoms with van der Waals surface area (Å²) in [4.78, 5) is 20.1. The molecule has 23 heavy (non-hydrogen) atoms. The van der Waals surface area contributed by atoms with Crippen LogP contribution in [0.2, 0.25) is 0 Å². The van der Waals surface area contributed by atoms with Crippen LogP contribution in [0.3, 0.4) is 0 Å². The minimum atomic E-state index is -0.512. The molecular weight excluding hydrogens is 315 g/mol. The average molecular weight is 334 g/mol. The van der Waals surface area contributed by atoms with Crippen LogP contribution in [-0.2, 0) is 0 Å². The van der Waals surface area contributed by atoms with Crippen LogP contribution in [0.4, 0.5) is 4.39 Å². The standard InChI is InChI=1S/C17H19FN2O2S/c1-11-9-19-16(23-11)13-4-3-7-20(10-13)17(21)12-5-6-15(22-2)14(18)8-12/h5-6,8-9,13H,3-4,7,10H2,1-2H3. The Labute approximate surface area is 138 Å². The summed E-state index contributed by atoms with van der Waals surface area (Å²) in [6, 6.07) is 4.36. The van der Waals surface area contributed by atoms with E-state index in [0.29, 0.717) is 18.7 Å². The van der Waals surface area contributed by atoms with Crippen LogP contribution in [0.1, 0.15) is 39.0 Å². The third kappa shape index (κ3) is 3.37. The Kier molecular flexibility index (Phi) is 4.61. The zero-order valence-corrected chi connectivity index (χ0v) is 14.0. The summed E-state index contributed by atoms with van der Waals surface area (Å²) in [7, 11) is 1.41. The second-order valence-corrected chi connectivity index (χ2v) is 7.02. The molecule has 1 unspecified atom stereocenters. The Balaban J connectivity index is 1.75. The largest absolute Gasteiger partial charge is 0.494 e. The number of aromatic nitrogens is 1. The molecule has 0 aliphatic carbocycles. The van der Waals surface area contributed by atoms with Crippen LogP contribution >= 0.6 is 11.3 Å². The van der Waals surface area contributed by atoms with Gasteiger partial charge in [0.2, 0.25) is 0 Å². The molecule has 1 aliphatic heterocycles. The molecule has 3 rings (SSSR count). The van der Waals surface area contributed by atoms with Crippen molar-refractivity contribution in [1.29, 1.82) is 0 Å². The van der Waals surface area contributed by atoms with E-state index in [0.717, 1.165) is 17.8 Å². The van der Waals surface area contributed by atoms with Gasteiger partial charge in [-0.2, -0.15) is 0 Å². The summed E-state index contributed by atoms with van der Waals surface area (Å²) in [6.07, 6.45) is 3.85. The molecule has 1 aromatic heterocycles. The molecule has 122 valence electrons. The molecule has 1 aliphatic rings. The van der Waals surface area contributed by atoms with Gasteiger partial charge >= 0.3 is 0 Å². The van der Waals surface area contributed by atoms with Gasteiger partial charge in [0.25, 0.3) is 5.91 Å². The van der Waals surface area contributed by atoms with Gasteiger partial charge in [-0.05, 0) is 38.0 Å². The van der Waals surface area contributed by atoms with Gasteiger partial charge in [0.15, 0.2) is 11.6 Å². The van der Waals surface area contributed by atoms with E-state index in [9.17, 15) is 9.18 Å². The number of nitrogens with zero attached hydrogens (tertiary/aromatic N) is 2. The maximum Gasteiger partial charge on any atom is 0.253 e. The number of benzene rings is 1. The number of carbonyl (C=O) groups is 1. The van der Waals surface area contributed by atoms with Gasteiger partial charge in [0.05, 0.1) is 12.1 Å². The third-order valence-corrected chi connectivity index (χ3v) is 5.17. The highest BCUT2D eigenvalue weighted by atomic mass is 32.1. The lowest BCUT2D eigenvalue weighted by Crippen LogP contribution is -2.39. The fraction of sp³-hybridized carbons (Fsp3) is 0.412. The predicted octanol–water partition coefficient (Wildman–Crippen LogP) is 3.62. The van der Waals surface area contributed by atoms with E-state index in [1.807, 2.05) is 13.1 Å². The topological polar surface area (TPSA) is 42.4 Å². The molecule has 1 amide bonds. The molecule has 2 heterocycles. The summed E-state index contributed by atoms with van der Waals surface area (Å²) in [5.41, 5.74) is 0.360. The quantitative estimate of drug-likeness (QED) is 0.861. The number of likely N-dealkylation sites (tertiary alicyclic amines) is 1. The second-order valence-electron chi connectivity index (χ2n) is 5.75. The first-order chi connectivity index (χ1) is 11.1. The zero-order valence-electron chi connectivity index (χ0n) is 13.2. The van der Waals surface area contributed by atoms with Gasteiger partial charge in [0.1, 0.15) is 0 Å². The monoisotopic (exact) mass is 334 g/mol. The zero-order chi connectivity index (χ0) is 16.4. The highest BCUT2D eigenvalue weighted by Crippen LogP contribution is 2.30. The molecule has 0 saturated carbocycles. The van der Waals surface area contributed by atoms with Crippen LogP contribution in [0.25, 0.3) is 0 Å². The number of amides is 1. The Morgan fingerprint density at radius 1 is 1.48 bits per heavy atom. The Morgan fingerprint density at radius 2 is 2.30 bits per heavy atom. The SMILES string of the molecule is COc1ccc(C(=O)N2CCCC(c3ncc(C)s3)C2)cc1F. The molecule has 2 aromatic rings. The smallest absolute Gasteiger partial charge is 0.253 e. The van der Waals surface area contributed by atoms with E-state index in [1.54, 1.807) is 22.3 Å². The number of thiazole rings is 1. The molecule has 4 nitrogen and oxygen atoms in total. The van der Waals surface area contributed by atoms with E-state index < -0.39 is 5.82 Å². The molecular formula is C17H19FN2O2S. The molecule has 1 atom stereocenters. The van der Waals surface area contributed by atoms with Crippen molar-refractivity contribution in [1.82, 2.24) is 9.88 Å². The van der Waals surface area contributed by atoms with Gasteiger partial charge in [-0.15, -0.1) is 11.3 Å². The lowest BCUT2D eigenvalue weighted by atomic mass is 9.98. The highest BCUT2D eigenvalue weighted by Gasteiger charge is 2.27. The number of halogens is 1. The fourth-order valence-corrected chi connectivity index (χ4v) is 3.81. The van der Waals surface area contributed by atoms with Crippen LogP contribution in [0, 0.1) is 12.7 Å². The molecule has 0 radical (unpaired) electrons. The molecule has 1 saturated heterocycles. The summed E-state index contributed by atoms with van der Waals surface area (Å²) in [5.74, 6) is -0.224. The van der Waals surface area contributed by atoms with E-state index in [2.05, 4.69) is 4.98 Å². The number of hydrogen-bond donors (Lipinski definition) is 0. The number of ether oxygens (including phenoxy) is 1. The first-order valence-electron chi connectivity index (χ1n) is 7.63. The Bertz CT molecular complexity index is 716. The van der Waals surface area contributed by atoms with Crippen molar-refractivity contribution in [2.75, 3.05) is 20.2 Å². The molecule has 1 aromatic carbocycles. The predicted molar refractivity (Wildman–Crippen MR) is 87.7 cm³/mol. The van der Waals surface area contributed by atoms with E-state index in [1.165, 1.54) is 24.1 Å². The third-order valence-electron chi connectivity index (χ3n) is 4.10. The number of hydrogen-bond acceptors (Lipinski definition) is 4. The van der Waals surface area contributed by atoms with Crippen molar-refractivity contribution >= 4 is 17.2 Å². The lowest BCUT2D eigenvalue weighted by molar-refractivity contribution is 0.0706. The van der Waals surface area contributed by atoms with E-state index in [4.69, 9.17) is 4.74 Å². The molecule has 0 N–H and O–H groups in total. The van der Waals surface area contributed by atoms with Crippen molar-refractivity contribution in [3.63, 3.8) is 0 Å². The molecule has 1 fully saturated rings. The summed E-state index contributed by atoms with van der Waals surface area (Å²) in [5, 5.41) is 1.08. The number of piperidine rings is 1. The van der Waals surface area contributed by atoms with Crippen LogP contribution in [0.15, 0.2) is 24.4 Å². The van der Waals surface area contributed by atoms with Crippen molar-refractivity contribution < 1.29 is 13.9 Å². The minimum Gasteiger partial charge on any atom is -0.494 e. The van der Waals surface area contributed by atoms with E-state index >= 15 is 0 Å². The normalized spacial score (nSPS) is 18.0. The number of carbonyl (C=O) groups excluding carboxylic acids is 1. The first-order valence-corrected chi connectivity index (χ1v) is 8.45. The summed E-state index contributed by atoms with van der Waals surface area (Å²) < 4.78 is 18.7. The van der Waals surface area contributed by atoms with Crippen molar-refractivity contribution in [2.24, 2.45) is 0 Å². The fourth-order valence-electron chi connectivity index (χ4n) is 2.91. The summed E-state index contributed by atoms with van der Waals surface area (Å²) >= 11 is 1.69. The second kappa shape index (κ2) is 6.66. The van der Waals surface area contributed by atoms with Gasteiger partial charge < -0.3 is 9.64 Å². The summed E-state index contributed by atoms with van der Waals surface area (Å²) in [6.45, 7) is 3.37. The maximum atomic E-state index is 13.8. The first kappa shape index (κ1) is 15.9. The maximum absolute atomic E-state index is 13.8. The van der Waals surface area contributed by atoms with E-state index in [-0.39, 0.29) is 17.6 Å². The average Bonchev–Trinajstić information content (AvgIpc) is 3.01. The van der Waals surface area contributed by atoms with Gasteiger partial charge in [0, 0.05) is 35.6 Å². The van der Waals surface area contributed by atoms with Gasteiger partial charge in [-0.3, -0.25) is 4.79 Å². The Morgan fingerprint density at radius 3 is 2.96 bits per heavy atom. The van der Waals surface area contributed by atoms with Crippen LogP contribution < -0.4 is 4.74 Å². The van der Waals surface area contributed by atoms with Crippen molar-refractivity contribution in [2.45, 2.75) is 25.7 Å². The van der Waals surface area contributed by atoms with Crippen molar-refractivity contribution in [3.8, 4) is 5.75 Å². The minimum absolute atomic E-state index is 0.135. The molecule has 0 bridgehead atoms. The lowest BCUT2D eigenvalue weighted by Gasteiger charge is -2.32. The molecule has 0 spiro atoms. The van der Waals surface area contributed by atoms with Gasteiger partial charge in [-0.25, -0.2) is 9.37 Å². The number of rotatable bonds is 3. The Hall–Kier alpha value is -1.95. The van der Waals surface area contributed by atoms with Crippen LogP contribution in [-0.4, -0.2) is 36.0 Å². The number of aryl methyl sites for hydroxylation is 1. The molecule has 6 heteroatoms. The van der Waals surface area contributed by atoms with Crippen LogP contribution in [0.5, 0.6) is 5.75 Å². The number of methoxy groups -OCH3 is 1. The highest BCUT2D eigenvalue weighted by molar-refractivity contribution is 7.11.